The first-order chi connectivity index (χ1) is 13.5. The van der Waals surface area contributed by atoms with Gasteiger partial charge in [-0.25, -0.2) is 4.79 Å². The number of hydrogen-bond donors (Lipinski definition) is 1. The van der Waals surface area contributed by atoms with Gasteiger partial charge in [0.05, 0.1) is 11.6 Å². The van der Waals surface area contributed by atoms with Gasteiger partial charge >= 0.3 is 5.97 Å². The highest BCUT2D eigenvalue weighted by atomic mass is 16.5. The molecule has 0 heterocycles. The van der Waals surface area contributed by atoms with Crippen LogP contribution in [0.2, 0.25) is 0 Å². The molecule has 0 aliphatic carbocycles. The van der Waals surface area contributed by atoms with Crippen molar-refractivity contribution in [2.24, 2.45) is 0 Å². The molecule has 0 fully saturated rings. The molecule has 3 rings (SSSR count). The van der Waals surface area contributed by atoms with Crippen molar-refractivity contribution < 1.29 is 14.3 Å². The predicted octanol–water partition coefficient (Wildman–Crippen LogP) is 4.37. The normalized spacial score (nSPS) is 10.5. The van der Waals surface area contributed by atoms with Crippen LogP contribution in [0.5, 0.6) is 0 Å². The fourth-order valence-corrected chi connectivity index (χ4v) is 3.02. The van der Waals surface area contributed by atoms with Gasteiger partial charge < -0.3 is 10.1 Å². The Labute approximate surface area is 165 Å². The van der Waals surface area contributed by atoms with Crippen molar-refractivity contribution in [1.82, 2.24) is 5.32 Å². The van der Waals surface area contributed by atoms with Crippen molar-refractivity contribution in [3.8, 4) is 0 Å². The molecule has 4 heteroatoms. The molecule has 1 amide bonds. The number of esters is 1. The smallest absolute Gasteiger partial charge is 0.338 e. The monoisotopic (exact) mass is 373 g/mol. The second-order valence-corrected chi connectivity index (χ2v) is 6.72. The lowest BCUT2D eigenvalue weighted by atomic mass is 9.99. The van der Waals surface area contributed by atoms with Crippen LogP contribution in [0, 0.1) is 13.8 Å². The molecular formula is C24H23NO3. The van der Waals surface area contributed by atoms with Crippen molar-refractivity contribution in [3.05, 3.63) is 107 Å². The molecule has 0 radical (unpaired) electrons. The Balaban J connectivity index is 1.69. The summed E-state index contributed by atoms with van der Waals surface area (Å²) in [6, 6.07) is 24.7. The van der Waals surface area contributed by atoms with Gasteiger partial charge in [-0.15, -0.1) is 0 Å². The summed E-state index contributed by atoms with van der Waals surface area (Å²) in [5, 5.41) is 2.97. The molecule has 0 aliphatic heterocycles. The molecule has 0 spiro atoms. The zero-order valence-corrected chi connectivity index (χ0v) is 16.0. The quantitative estimate of drug-likeness (QED) is 0.653. The van der Waals surface area contributed by atoms with E-state index in [2.05, 4.69) is 5.32 Å². The zero-order chi connectivity index (χ0) is 19.9. The summed E-state index contributed by atoms with van der Waals surface area (Å²) in [7, 11) is 0. The maximum absolute atomic E-state index is 12.5. The molecule has 28 heavy (non-hydrogen) atoms. The highest BCUT2D eigenvalue weighted by Gasteiger charge is 2.18. The lowest BCUT2D eigenvalue weighted by Crippen LogP contribution is -2.33. The minimum Gasteiger partial charge on any atom is -0.452 e. The average molecular weight is 373 g/mol. The third-order valence-electron chi connectivity index (χ3n) is 4.52. The highest BCUT2D eigenvalue weighted by Crippen LogP contribution is 2.21. The summed E-state index contributed by atoms with van der Waals surface area (Å²) in [5.74, 6) is -0.844. The Morgan fingerprint density at radius 2 is 1.43 bits per heavy atom. The third-order valence-corrected chi connectivity index (χ3v) is 4.52. The van der Waals surface area contributed by atoms with Crippen molar-refractivity contribution in [2.45, 2.75) is 19.9 Å². The van der Waals surface area contributed by atoms with Gasteiger partial charge in [0.2, 0.25) is 0 Å². The first-order valence-corrected chi connectivity index (χ1v) is 9.18. The Morgan fingerprint density at radius 3 is 2.00 bits per heavy atom. The van der Waals surface area contributed by atoms with Gasteiger partial charge in [0.15, 0.2) is 6.61 Å². The van der Waals surface area contributed by atoms with Crippen LogP contribution in [0.1, 0.15) is 38.7 Å². The summed E-state index contributed by atoms with van der Waals surface area (Å²) in [4.78, 5) is 24.8. The van der Waals surface area contributed by atoms with E-state index in [0.29, 0.717) is 5.56 Å². The van der Waals surface area contributed by atoms with E-state index < -0.39 is 5.97 Å². The Morgan fingerprint density at radius 1 is 0.857 bits per heavy atom. The first-order valence-electron chi connectivity index (χ1n) is 9.18. The number of carbonyl (C=O) groups is 2. The molecule has 4 nitrogen and oxygen atoms in total. The van der Waals surface area contributed by atoms with Crippen LogP contribution in [-0.4, -0.2) is 18.5 Å². The van der Waals surface area contributed by atoms with E-state index in [1.165, 1.54) is 0 Å². The van der Waals surface area contributed by atoms with Crippen LogP contribution in [-0.2, 0) is 9.53 Å². The Hall–Kier alpha value is -3.40. The van der Waals surface area contributed by atoms with Gasteiger partial charge in [0.1, 0.15) is 0 Å². The van der Waals surface area contributed by atoms with Gasteiger partial charge in [-0.3, -0.25) is 4.79 Å². The van der Waals surface area contributed by atoms with Crippen molar-refractivity contribution in [2.75, 3.05) is 6.61 Å². The fourth-order valence-electron chi connectivity index (χ4n) is 3.02. The van der Waals surface area contributed by atoms with E-state index in [4.69, 9.17) is 4.74 Å². The topological polar surface area (TPSA) is 55.4 Å². The van der Waals surface area contributed by atoms with Crippen LogP contribution in [0.4, 0.5) is 0 Å². The number of aryl methyl sites for hydroxylation is 2. The second kappa shape index (κ2) is 9.00. The van der Waals surface area contributed by atoms with Gasteiger partial charge in [-0.05, 0) is 36.6 Å². The molecule has 0 atom stereocenters. The molecule has 0 bridgehead atoms. The van der Waals surface area contributed by atoms with Crippen molar-refractivity contribution in [3.63, 3.8) is 0 Å². The molecule has 0 aromatic heterocycles. The number of benzene rings is 3. The molecule has 0 unspecified atom stereocenters. The van der Waals surface area contributed by atoms with Crippen molar-refractivity contribution >= 4 is 11.9 Å². The van der Waals surface area contributed by atoms with Crippen LogP contribution in [0.15, 0.2) is 78.9 Å². The summed E-state index contributed by atoms with van der Waals surface area (Å²) < 4.78 is 5.25. The minimum atomic E-state index is -0.493. The molecule has 142 valence electrons. The van der Waals surface area contributed by atoms with E-state index in [1.807, 2.05) is 86.6 Å². The number of carbonyl (C=O) groups excluding carboxylic acids is 2. The van der Waals surface area contributed by atoms with Crippen LogP contribution in [0.25, 0.3) is 0 Å². The van der Waals surface area contributed by atoms with E-state index >= 15 is 0 Å². The Bertz CT molecular complexity index is 913. The summed E-state index contributed by atoms with van der Waals surface area (Å²) in [6.45, 7) is 3.42. The van der Waals surface area contributed by atoms with E-state index in [0.717, 1.165) is 22.3 Å². The summed E-state index contributed by atoms with van der Waals surface area (Å²) in [5.41, 5.74) is 4.19. The van der Waals surface area contributed by atoms with Crippen LogP contribution >= 0.6 is 0 Å². The van der Waals surface area contributed by atoms with Gasteiger partial charge in [-0.2, -0.15) is 0 Å². The molecule has 1 N–H and O–H groups in total. The first kappa shape index (κ1) is 19.4. The third kappa shape index (κ3) is 4.86. The lowest BCUT2D eigenvalue weighted by molar-refractivity contribution is -0.124. The largest absolute Gasteiger partial charge is 0.452 e. The van der Waals surface area contributed by atoms with E-state index in [-0.39, 0.29) is 18.6 Å². The maximum Gasteiger partial charge on any atom is 0.338 e. The molecule has 3 aromatic carbocycles. The van der Waals surface area contributed by atoms with Crippen molar-refractivity contribution in [1.29, 1.82) is 0 Å². The number of hydrogen-bond acceptors (Lipinski definition) is 3. The average Bonchev–Trinajstić information content (AvgIpc) is 2.73. The van der Waals surface area contributed by atoms with E-state index in [9.17, 15) is 9.59 Å². The molecule has 0 saturated carbocycles. The minimum absolute atomic E-state index is 0.311. The summed E-state index contributed by atoms with van der Waals surface area (Å²) in [6.07, 6.45) is 0. The standard InChI is InChI=1S/C24H23NO3/c1-17-13-14-18(2)21(15-17)24(27)28-16-22(26)25-23(19-9-5-3-6-10-19)20-11-7-4-8-12-20/h3-15,23H,16H2,1-2H3,(H,25,26). The highest BCUT2D eigenvalue weighted by molar-refractivity contribution is 5.93. The summed E-state index contributed by atoms with van der Waals surface area (Å²) >= 11 is 0. The van der Waals surface area contributed by atoms with Gasteiger partial charge in [-0.1, -0.05) is 78.4 Å². The van der Waals surface area contributed by atoms with E-state index in [1.54, 1.807) is 6.07 Å². The molecule has 0 aliphatic rings. The van der Waals surface area contributed by atoms with Gasteiger partial charge in [0.25, 0.3) is 5.91 Å². The second-order valence-electron chi connectivity index (χ2n) is 6.72. The number of amides is 1. The Kier molecular flexibility index (Phi) is 6.22. The van der Waals surface area contributed by atoms with Gasteiger partial charge in [0, 0.05) is 0 Å². The lowest BCUT2D eigenvalue weighted by Gasteiger charge is -2.20. The number of nitrogens with one attached hydrogen (secondary N) is 1. The SMILES string of the molecule is Cc1ccc(C)c(C(=O)OCC(=O)NC(c2ccccc2)c2ccccc2)c1. The molecule has 3 aromatic rings. The fraction of sp³-hybridized carbons (Fsp3) is 0.167. The van der Waals surface area contributed by atoms with Crippen LogP contribution < -0.4 is 5.32 Å². The number of ether oxygens (including phenoxy) is 1. The number of rotatable bonds is 6. The maximum atomic E-state index is 12.5. The predicted molar refractivity (Wildman–Crippen MR) is 109 cm³/mol. The molecular weight excluding hydrogens is 350 g/mol. The zero-order valence-electron chi connectivity index (χ0n) is 16.0. The van der Waals surface area contributed by atoms with Crippen LogP contribution in [0.3, 0.4) is 0 Å². The molecule has 0 saturated heterocycles.